The average molecular weight is 209 g/mol. The number of allylic oxidation sites excluding steroid dienone is 1. The molecule has 0 aliphatic rings. The monoisotopic (exact) mass is 209 g/mol. The van der Waals surface area contributed by atoms with Crippen LogP contribution in [0.25, 0.3) is 0 Å². The van der Waals surface area contributed by atoms with Gasteiger partial charge < -0.3 is 5.11 Å². The van der Waals surface area contributed by atoms with Crippen molar-refractivity contribution in [1.29, 1.82) is 5.26 Å². The van der Waals surface area contributed by atoms with Crippen molar-refractivity contribution in [2.24, 2.45) is 5.92 Å². The van der Waals surface area contributed by atoms with Gasteiger partial charge in [-0.3, -0.25) is 0 Å². The number of nitriles is 1. The Labute approximate surface area is 91.4 Å². The minimum atomic E-state index is -0.973. The lowest BCUT2D eigenvalue weighted by Gasteiger charge is -2.10. The second kappa shape index (κ2) is 8.05. The molecular weight excluding hydrogens is 190 g/mol. The molecule has 0 spiro atoms. The highest BCUT2D eigenvalue weighted by molar-refractivity contribution is 5.87. The van der Waals surface area contributed by atoms with Crippen LogP contribution >= 0.6 is 0 Å². The minimum absolute atomic E-state index is 0.0287. The summed E-state index contributed by atoms with van der Waals surface area (Å²) >= 11 is 0. The molecule has 15 heavy (non-hydrogen) atoms. The Morgan fingerprint density at radius 3 is 2.60 bits per heavy atom. The van der Waals surface area contributed by atoms with Crippen molar-refractivity contribution in [3.63, 3.8) is 0 Å². The second-order valence-corrected chi connectivity index (χ2v) is 3.78. The molecule has 0 radical (unpaired) electrons. The van der Waals surface area contributed by atoms with E-state index in [2.05, 4.69) is 6.92 Å². The van der Waals surface area contributed by atoms with Gasteiger partial charge in [-0.1, -0.05) is 39.5 Å². The molecule has 1 unspecified atom stereocenters. The summed E-state index contributed by atoms with van der Waals surface area (Å²) in [6.07, 6.45) is 6.53. The van der Waals surface area contributed by atoms with Crippen molar-refractivity contribution in [3.05, 3.63) is 11.6 Å². The Morgan fingerprint density at radius 1 is 1.47 bits per heavy atom. The maximum absolute atomic E-state index is 10.8. The van der Waals surface area contributed by atoms with Crippen LogP contribution in [0, 0.1) is 17.2 Å². The SMILES string of the molecule is CCCCCCC(C)C(=CC#N)C(=O)O. The summed E-state index contributed by atoms with van der Waals surface area (Å²) in [6, 6.07) is 1.79. The van der Waals surface area contributed by atoms with Gasteiger partial charge in [-0.25, -0.2) is 4.79 Å². The largest absolute Gasteiger partial charge is 0.478 e. The minimum Gasteiger partial charge on any atom is -0.478 e. The maximum atomic E-state index is 10.8. The molecule has 0 aromatic rings. The Kier molecular flexibility index (Phi) is 7.35. The van der Waals surface area contributed by atoms with Gasteiger partial charge in [0.05, 0.1) is 11.6 Å². The molecule has 0 aliphatic heterocycles. The van der Waals surface area contributed by atoms with E-state index < -0.39 is 5.97 Å². The normalized spacial score (nSPS) is 13.3. The predicted octanol–water partition coefficient (Wildman–Crippen LogP) is 3.13. The zero-order valence-corrected chi connectivity index (χ0v) is 9.49. The Morgan fingerprint density at radius 2 is 2.13 bits per heavy atom. The second-order valence-electron chi connectivity index (χ2n) is 3.78. The molecule has 3 heteroatoms. The van der Waals surface area contributed by atoms with Crippen molar-refractivity contribution < 1.29 is 9.90 Å². The van der Waals surface area contributed by atoms with Crippen LogP contribution in [0.4, 0.5) is 0 Å². The molecule has 0 saturated carbocycles. The van der Waals surface area contributed by atoms with E-state index in [0.29, 0.717) is 0 Å². The van der Waals surface area contributed by atoms with E-state index in [9.17, 15) is 4.79 Å². The topological polar surface area (TPSA) is 61.1 Å². The third kappa shape index (κ3) is 5.90. The molecule has 0 fully saturated rings. The fourth-order valence-corrected chi connectivity index (χ4v) is 1.52. The van der Waals surface area contributed by atoms with E-state index in [4.69, 9.17) is 10.4 Å². The molecule has 1 N–H and O–H groups in total. The van der Waals surface area contributed by atoms with Crippen LogP contribution in [0.1, 0.15) is 46.0 Å². The van der Waals surface area contributed by atoms with Crippen molar-refractivity contribution in [2.45, 2.75) is 46.0 Å². The van der Waals surface area contributed by atoms with E-state index in [-0.39, 0.29) is 11.5 Å². The average Bonchev–Trinajstić information content (AvgIpc) is 2.20. The van der Waals surface area contributed by atoms with Crippen LogP contribution < -0.4 is 0 Å². The third-order valence-corrected chi connectivity index (χ3v) is 2.49. The quantitative estimate of drug-likeness (QED) is 0.398. The third-order valence-electron chi connectivity index (χ3n) is 2.49. The van der Waals surface area contributed by atoms with Gasteiger partial charge in [0.25, 0.3) is 0 Å². The zero-order valence-electron chi connectivity index (χ0n) is 9.49. The number of unbranched alkanes of at least 4 members (excludes halogenated alkanes) is 3. The number of hydrogen-bond donors (Lipinski definition) is 1. The molecule has 1 atom stereocenters. The lowest BCUT2D eigenvalue weighted by molar-refractivity contribution is -0.133. The number of carboxylic acids is 1. The fraction of sp³-hybridized carbons (Fsp3) is 0.667. The van der Waals surface area contributed by atoms with Crippen LogP contribution in [0.5, 0.6) is 0 Å². The molecule has 0 heterocycles. The lowest BCUT2D eigenvalue weighted by atomic mass is 9.94. The molecule has 0 aromatic carbocycles. The van der Waals surface area contributed by atoms with Gasteiger partial charge in [0.1, 0.15) is 0 Å². The molecule has 0 rings (SSSR count). The fourth-order valence-electron chi connectivity index (χ4n) is 1.52. The lowest BCUT2D eigenvalue weighted by Crippen LogP contribution is -2.09. The maximum Gasteiger partial charge on any atom is 0.332 e. The molecule has 84 valence electrons. The summed E-state index contributed by atoms with van der Waals surface area (Å²) in [5.74, 6) is -1.00. The molecule has 0 amide bonds. The van der Waals surface area contributed by atoms with E-state index >= 15 is 0 Å². The highest BCUT2D eigenvalue weighted by atomic mass is 16.4. The standard InChI is InChI=1S/C12H19NO2/c1-3-4-5-6-7-10(2)11(8-9-13)12(14)15/h8,10H,3-7H2,1-2H3,(H,14,15). The van der Waals surface area contributed by atoms with E-state index in [1.54, 1.807) is 6.07 Å². The highest BCUT2D eigenvalue weighted by Gasteiger charge is 2.15. The van der Waals surface area contributed by atoms with Crippen LogP contribution in [-0.2, 0) is 4.79 Å². The van der Waals surface area contributed by atoms with E-state index in [0.717, 1.165) is 25.3 Å². The zero-order chi connectivity index (χ0) is 11.7. The van der Waals surface area contributed by atoms with Gasteiger partial charge in [-0.05, 0) is 12.3 Å². The number of carbonyl (C=O) groups is 1. The number of rotatable bonds is 7. The number of carboxylic acid groups (broad SMARTS) is 1. The van der Waals surface area contributed by atoms with E-state index in [1.807, 2.05) is 6.92 Å². The first-order valence-corrected chi connectivity index (χ1v) is 5.46. The smallest absolute Gasteiger partial charge is 0.332 e. The first-order chi connectivity index (χ1) is 7.13. The van der Waals surface area contributed by atoms with Crippen molar-refractivity contribution in [3.8, 4) is 6.07 Å². The highest BCUT2D eigenvalue weighted by Crippen LogP contribution is 2.18. The molecule has 3 nitrogen and oxygen atoms in total. The molecular formula is C12H19NO2. The van der Waals surface area contributed by atoms with Gasteiger partial charge in [0.15, 0.2) is 0 Å². The summed E-state index contributed by atoms with van der Waals surface area (Å²) in [5.41, 5.74) is 0.231. The summed E-state index contributed by atoms with van der Waals surface area (Å²) in [6.45, 7) is 4.00. The van der Waals surface area contributed by atoms with Gasteiger partial charge in [0, 0.05) is 6.08 Å². The van der Waals surface area contributed by atoms with Crippen LogP contribution in [0.3, 0.4) is 0 Å². The van der Waals surface area contributed by atoms with Crippen LogP contribution in [0.15, 0.2) is 11.6 Å². The first kappa shape index (κ1) is 13.7. The Hall–Kier alpha value is -1.30. The van der Waals surface area contributed by atoms with Gasteiger partial charge in [0.2, 0.25) is 0 Å². The predicted molar refractivity (Wildman–Crippen MR) is 59.3 cm³/mol. The van der Waals surface area contributed by atoms with Crippen molar-refractivity contribution in [1.82, 2.24) is 0 Å². The van der Waals surface area contributed by atoms with Gasteiger partial charge in [-0.15, -0.1) is 0 Å². The van der Waals surface area contributed by atoms with Gasteiger partial charge in [-0.2, -0.15) is 5.26 Å². The summed E-state index contributed by atoms with van der Waals surface area (Å²) in [7, 11) is 0. The van der Waals surface area contributed by atoms with E-state index in [1.165, 1.54) is 12.8 Å². The summed E-state index contributed by atoms with van der Waals surface area (Å²) in [5, 5.41) is 17.3. The van der Waals surface area contributed by atoms with Crippen molar-refractivity contribution >= 4 is 5.97 Å². The van der Waals surface area contributed by atoms with Crippen molar-refractivity contribution in [2.75, 3.05) is 0 Å². The molecule has 0 aromatic heterocycles. The van der Waals surface area contributed by atoms with Crippen LogP contribution in [0.2, 0.25) is 0 Å². The number of hydrogen-bond acceptors (Lipinski definition) is 2. The molecule has 0 saturated heterocycles. The first-order valence-electron chi connectivity index (χ1n) is 5.46. The molecule has 0 aliphatic carbocycles. The number of aliphatic carboxylic acids is 1. The summed E-state index contributed by atoms with van der Waals surface area (Å²) in [4.78, 5) is 10.8. The van der Waals surface area contributed by atoms with Crippen LogP contribution in [-0.4, -0.2) is 11.1 Å². The number of nitrogens with zero attached hydrogens (tertiary/aromatic N) is 1. The summed E-state index contributed by atoms with van der Waals surface area (Å²) < 4.78 is 0. The van der Waals surface area contributed by atoms with Gasteiger partial charge >= 0.3 is 5.97 Å². The molecule has 0 bridgehead atoms. The Bertz CT molecular complexity index is 263. The Balaban J connectivity index is 4.06.